The summed E-state index contributed by atoms with van der Waals surface area (Å²) >= 11 is 0. The first-order valence-electron chi connectivity index (χ1n) is 5.11. The number of rotatable bonds is 5. The fourth-order valence-electron chi connectivity index (χ4n) is 1.41. The molecule has 1 atom stereocenters. The second kappa shape index (κ2) is 5.46. The molecule has 0 aromatic heterocycles. The van der Waals surface area contributed by atoms with Crippen LogP contribution in [0.3, 0.4) is 0 Å². The second-order valence-corrected chi connectivity index (χ2v) is 3.71. The third-order valence-corrected chi connectivity index (χ3v) is 2.13. The van der Waals surface area contributed by atoms with Crippen LogP contribution in [0.25, 0.3) is 0 Å². The number of nitrogens with one attached hydrogen (secondary N) is 1. The number of likely N-dealkylation sites (N-methyl/N-ethyl adjacent to an activating group) is 1. The Kier molecular flexibility index (Phi) is 4.25. The summed E-state index contributed by atoms with van der Waals surface area (Å²) in [5, 5.41) is 13.7. The van der Waals surface area contributed by atoms with E-state index in [1.54, 1.807) is 12.1 Å². The molecule has 0 aliphatic heterocycles. The van der Waals surface area contributed by atoms with Gasteiger partial charge < -0.3 is 10.1 Å². The molecular formula is C11H16N2O3. The van der Waals surface area contributed by atoms with Gasteiger partial charge in [-0.3, -0.25) is 10.1 Å². The van der Waals surface area contributed by atoms with Gasteiger partial charge in [0.15, 0.2) is 5.75 Å². The summed E-state index contributed by atoms with van der Waals surface area (Å²) in [4.78, 5) is 10.4. The van der Waals surface area contributed by atoms with Crippen molar-refractivity contribution in [2.75, 3.05) is 13.6 Å². The summed E-state index contributed by atoms with van der Waals surface area (Å²) in [5.74, 6) is 0.327. The largest absolute Gasteiger partial charge is 0.482 e. The molecule has 1 rings (SSSR count). The molecular weight excluding hydrogens is 208 g/mol. The average Bonchev–Trinajstić information content (AvgIpc) is 2.17. The van der Waals surface area contributed by atoms with Gasteiger partial charge in [0.1, 0.15) is 6.10 Å². The van der Waals surface area contributed by atoms with Crippen molar-refractivity contribution in [3.05, 3.63) is 33.9 Å². The normalized spacial score (nSPS) is 12.2. The van der Waals surface area contributed by atoms with E-state index in [2.05, 4.69) is 5.32 Å². The van der Waals surface area contributed by atoms with E-state index in [4.69, 9.17) is 4.74 Å². The molecule has 0 saturated heterocycles. The molecule has 88 valence electrons. The number of hydrogen-bond donors (Lipinski definition) is 1. The van der Waals surface area contributed by atoms with Crippen molar-refractivity contribution >= 4 is 5.69 Å². The van der Waals surface area contributed by atoms with E-state index in [-0.39, 0.29) is 11.8 Å². The first-order valence-corrected chi connectivity index (χ1v) is 5.11. The smallest absolute Gasteiger partial charge is 0.310 e. The van der Waals surface area contributed by atoms with Crippen LogP contribution < -0.4 is 10.1 Å². The lowest BCUT2D eigenvalue weighted by Gasteiger charge is -2.14. The number of nitro benzene ring substituents is 1. The van der Waals surface area contributed by atoms with Gasteiger partial charge in [0.2, 0.25) is 0 Å². The second-order valence-electron chi connectivity index (χ2n) is 3.71. The van der Waals surface area contributed by atoms with E-state index in [0.717, 1.165) is 5.56 Å². The van der Waals surface area contributed by atoms with Crippen molar-refractivity contribution in [3.8, 4) is 5.75 Å². The molecule has 5 nitrogen and oxygen atoms in total. The van der Waals surface area contributed by atoms with Gasteiger partial charge in [-0.25, -0.2) is 0 Å². The van der Waals surface area contributed by atoms with E-state index in [1.165, 1.54) is 6.07 Å². The van der Waals surface area contributed by atoms with Gasteiger partial charge >= 0.3 is 5.69 Å². The predicted molar refractivity (Wildman–Crippen MR) is 61.9 cm³/mol. The topological polar surface area (TPSA) is 64.4 Å². The molecule has 0 aliphatic carbocycles. The summed E-state index contributed by atoms with van der Waals surface area (Å²) in [6, 6.07) is 4.86. The third-order valence-electron chi connectivity index (χ3n) is 2.13. The Balaban J connectivity index is 2.92. The maximum absolute atomic E-state index is 10.8. The van der Waals surface area contributed by atoms with Crippen LogP contribution in [0.15, 0.2) is 18.2 Å². The van der Waals surface area contributed by atoms with Crippen molar-refractivity contribution in [1.29, 1.82) is 0 Å². The summed E-state index contributed by atoms with van der Waals surface area (Å²) < 4.78 is 5.52. The number of benzene rings is 1. The number of ether oxygens (including phenoxy) is 1. The Bertz CT molecular complexity index is 379. The van der Waals surface area contributed by atoms with E-state index in [0.29, 0.717) is 12.3 Å². The molecule has 1 N–H and O–H groups in total. The monoisotopic (exact) mass is 224 g/mol. The van der Waals surface area contributed by atoms with E-state index in [1.807, 2.05) is 20.9 Å². The van der Waals surface area contributed by atoms with Gasteiger partial charge in [-0.15, -0.1) is 0 Å². The number of hydrogen-bond acceptors (Lipinski definition) is 4. The Morgan fingerprint density at radius 2 is 2.25 bits per heavy atom. The van der Waals surface area contributed by atoms with E-state index < -0.39 is 4.92 Å². The molecule has 1 aromatic rings. The van der Waals surface area contributed by atoms with Gasteiger partial charge in [-0.1, -0.05) is 6.07 Å². The highest BCUT2D eigenvalue weighted by Crippen LogP contribution is 2.28. The van der Waals surface area contributed by atoms with Crippen LogP contribution in [0.5, 0.6) is 5.75 Å². The molecule has 0 bridgehead atoms. The van der Waals surface area contributed by atoms with Gasteiger partial charge in [0.25, 0.3) is 0 Å². The van der Waals surface area contributed by atoms with Crippen molar-refractivity contribution in [2.24, 2.45) is 0 Å². The van der Waals surface area contributed by atoms with Gasteiger partial charge in [-0.05, 0) is 32.5 Å². The van der Waals surface area contributed by atoms with Crippen molar-refractivity contribution in [3.63, 3.8) is 0 Å². The molecule has 0 amide bonds. The van der Waals surface area contributed by atoms with Crippen LogP contribution in [0.4, 0.5) is 5.69 Å². The molecule has 0 heterocycles. The first-order chi connectivity index (χ1) is 7.54. The van der Waals surface area contributed by atoms with E-state index >= 15 is 0 Å². The zero-order valence-electron chi connectivity index (χ0n) is 9.69. The van der Waals surface area contributed by atoms with Crippen LogP contribution in [-0.2, 0) is 0 Å². The summed E-state index contributed by atoms with van der Waals surface area (Å²) in [6.07, 6.45) is -0.106. The molecule has 16 heavy (non-hydrogen) atoms. The number of nitrogens with zero attached hydrogens (tertiary/aromatic N) is 1. The highest BCUT2D eigenvalue weighted by atomic mass is 16.6. The zero-order chi connectivity index (χ0) is 12.1. The molecule has 1 aromatic carbocycles. The first kappa shape index (κ1) is 12.4. The average molecular weight is 224 g/mol. The highest BCUT2D eigenvalue weighted by Gasteiger charge is 2.16. The standard InChI is InChI=1S/C11H16N2O3/c1-8-4-5-10(13(14)15)11(6-8)16-9(2)7-12-3/h4-6,9,12H,7H2,1-3H3. The maximum Gasteiger partial charge on any atom is 0.310 e. The fraction of sp³-hybridized carbons (Fsp3) is 0.455. The summed E-state index contributed by atoms with van der Waals surface area (Å²) in [7, 11) is 1.81. The van der Waals surface area contributed by atoms with Crippen LogP contribution in [0.2, 0.25) is 0 Å². The zero-order valence-corrected chi connectivity index (χ0v) is 9.69. The highest BCUT2D eigenvalue weighted by molar-refractivity contribution is 5.48. The van der Waals surface area contributed by atoms with Crippen molar-refractivity contribution < 1.29 is 9.66 Å². The lowest BCUT2D eigenvalue weighted by atomic mass is 10.2. The molecule has 0 spiro atoms. The van der Waals surface area contributed by atoms with Crippen molar-refractivity contribution in [1.82, 2.24) is 5.32 Å². The summed E-state index contributed by atoms with van der Waals surface area (Å²) in [6.45, 7) is 4.38. The number of aryl methyl sites for hydroxylation is 1. The molecule has 0 radical (unpaired) electrons. The van der Waals surface area contributed by atoms with Crippen LogP contribution >= 0.6 is 0 Å². The maximum atomic E-state index is 10.8. The minimum absolute atomic E-state index is 0.00792. The van der Waals surface area contributed by atoms with Crippen molar-refractivity contribution in [2.45, 2.75) is 20.0 Å². The molecule has 5 heteroatoms. The van der Waals surface area contributed by atoms with E-state index in [9.17, 15) is 10.1 Å². The summed E-state index contributed by atoms with van der Waals surface area (Å²) in [5.41, 5.74) is 0.950. The lowest BCUT2D eigenvalue weighted by molar-refractivity contribution is -0.386. The Morgan fingerprint density at radius 3 is 2.81 bits per heavy atom. The number of nitro groups is 1. The van der Waals surface area contributed by atoms with Gasteiger partial charge in [-0.2, -0.15) is 0 Å². The fourth-order valence-corrected chi connectivity index (χ4v) is 1.41. The Morgan fingerprint density at radius 1 is 1.56 bits per heavy atom. The van der Waals surface area contributed by atoms with Crippen LogP contribution in [-0.4, -0.2) is 24.6 Å². The minimum atomic E-state index is -0.430. The third kappa shape index (κ3) is 3.20. The minimum Gasteiger partial charge on any atom is -0.482 e. The predicted octanol–water partition coefficient (Wildman–Crippen LogP) is 1.89. The molecule has 1 unspecified atom stereocenters. The van der Waals surface area contributed by atoms with Crippen LogP contribution in [0.1, 0.15) is 12.5 Å². The Hall–Kier alpha value is -1.62. The lowest BCUT2D eigenvalue weighted by Crippen LogP contribution is -2.26. The molecule has 0 fully saturated rings. The quantitative estimate of drug-likeness (QED) is 0.612. The Labute approximate surface area is 94.6 Å². The molecule has 0 aliphatic rings. The SMILES string of the molecule is CNCC(C)Oc1cc(C)ccc1[N+](=O)[O-]. The molecule has 0 saturated carbocycles. The van der Waals surface area contributed by atoms with Gasteiger partial charge in [0.05, 0.1) is 4.92 Å². The van der Waals surface area contributed by atoms with Crippen LogP contribution in [0, 0.1) is 17.0 Å². The van der Waals surface area contributed by atoms with Gasteiger partial charge in [0, 0.05) is 12.6 Å².